The van der Waals surface area contributed by atoms with Crippen molar-refractivity contribution in [2.75, 3.05) is 6.54 Å². The van der Waals surface area contributed by atoms with Crippen LogP contribution >= 0.6 is 11.3 Å². The molecule has 0 spiro atoms. The van der Waals surface area contributed by atoms with E-state index in [-0.39, 0.29) is 0 Å². The summed E-state index contributed by atoms with van der Waals surface area (Å²) in [6.45, 7) is 8.83. The second-order valence-corrected chi connectivity index (χ2v) is 6.20. The zero-order valence-corrected chi connectivity index (χ0v) is 12.9. The summed E-state index contributed by atoms with van der Waals surface area (Å²) in [6, 6.07) is 4.91. The van der Waals surface area contributed by atoms with Crippen molar-refractivity contribution in [3.8, 4) is 0 Å². The Bertz CT molecular complexity index is 471. The maximum Gasteiger partial charge on any atom is 0.0478 e. The fraction of sp³-hybridized carbons (Fsp3) is 0.500. The molecule has 1 atom stereocenters. The Morgan fingerprint density at radius 1 is 1.32 bits per heavy atom. The van der Waals surface area contributed by atoms with Crippen molar-refractivity contribution in [2.45, 2.75) is 39.8 Å². The van der Waals surface area contributed by atoms with Gasteiger partial charge in [0.15, 0.2) is 0 Å². The van der Waals surface area contributed by atoms with Gasteiger partial charge in [0.05, 0.1) is 0 Å². The molecule has 0 amide bonds. The molecular formula is C16H24N2S. The van der Waals surface area contributed by atoms with E-state index < -0.39 is 0 Å². The number of aromatic nitrogens is 1. The third-order valence-corrected chi connectivity index (χ3v) is 4.09. The van der Waals surface area contributed by atoms with Gasteiger partial charge in [-0.25, -0.2) is 0 Å². The van der Waals surface area contributed by atoms with E-state index in [1.165, 1.54) is 17.5 Å². The molecule has 0 aromatic carbocycles. The van der Waals surface area contributed by atoms with Gasteiger partial charge in [-0.2, -0.15) is 11.3 Å². The lowest BCUT2D eigenvalue weighted by molar-refractivity contribution is 0.412. The van der Waals surface area contributed by atoms with E-state index in [2.05, 4.69) is 65.9 Å². The van der Waals surface area contributed by atoms with Crippen molar-refractivity contribution in [1.82, 2.24) is 9.88 Å². The number of rotatable bonds is 7. The molecule has 0 radical (unpaired) electrons. The molecule has 2 aromatic rings. The van der Waals surface area contributed by atoms with E-state index in [1.54, 1.807) is 11.3 Å². The smallest absolute Gasteiger partial charge is 0.0478 e. The highest BCUT2D eigenvalue weighted by Gasteiger charge is 2.15. The van der Waals surface area contributed by atoms with Gasteiger partial charge in [0.25, 0.3) is 0 Å². The number of hydrogen-bond acceptors (Lipinski definition) is 2. The average Bonchev–Trinajstić information content (AvgIpc) is 3.02. The van der Waals surface area contributed by atoms with Gasteiger partial charge in [-0.15, -0.1) is 0 Å². The SMILES string of the molecule is CCCNC(c1ccn(Cc2ccsc2)c1)C(C)C. The molecule has 0 aliphatic carbocycles. The van der Waals surface area contributed by atoms with E-state index in [1.807, 2.05) is 0 Å². The Hall–Kier alpha value is -1.06. The van der Waals surface area contributed by atoms with Crippen LogP contribution in [-0.2, 0) is 6.54 Å². The molecule has 1 unspecified atom stereocenters. The number of thiophene rings is 1. The molecule has 104 valence electrons. The fourth-order valence-corrected chi connectivity index (χ4v) is 3.03. The van der Waals surface area contributed by atoms with Gasteiger partial charge in [0, 0.05) is 25.0 Å². The molecule has 0 aliphatic heterocycles. The highest BCUT2D eigenvalue weighted by atomic mass is 32.1. The number of nitrogens with one attached hydrogen (secondary N) is 1. The quantitative estimate of drug-likeness (QED) is 0.798. The van der Waals surface area contributed by atoms with Crippen molar-refractivity contribution in [3.05, 3.63) is 46.4 Å². The standard InChI is InChI=1S/C16H24N2S/c1-4-7-17-16(13(2)3)15-5-8-18(11-15)10-14-6-9-19-12-14/h5-6,8-9,11-13,16-17H,4,7,10H2,1-3H3. The maximum absolute atomic E-state index is 3.65. The summed E-state index contributed by atoms with van der Waals surface area (Å²) in [6.07, 6.45) is 5.65. The lowest BCUT2D eigenvalue weighted by Crippen LogP contribution is -2.26. The van der Waals surface area contributed by atoms with E-state index in [4.69, 9.17) is 0 Å². The largest absolute Gasteiger partial charge is 0.350 e. The first kappa shape index (κ1) is 14.4. The molecule has 19 heavy (non-hydrogen) atoms. The normalized spacial score (nSPS) is 13.1. The molecule has 0 bridgehead atoms. The van der Waals surface area contributed by atoms with Gasteiger partial charge < -0.3 is 9.88 Å². The predicted octanol–water partition coefficient (Wildman–Crippen LogP) is 4.29. The monoisotopic (exact) mass is 276 g/mol. The van der Waals surface area contributed by atoms with Crippen LogP contribution in [0.15, 0.2) is 35.3 Å². The van der Waals surface area contributed by atoms with Crippen LogP contribution in [0.25, 0.3) is 0 Å². The topological polar surface area (TPSA) is 17.0 Å². The van der Waals surface area contributed by atoms with Gasteiger partial charge in [0.1, 0.15) is 0 Å². The Labute approximate surface area is 120 Å². The van der Waals surface area contributed by atoms with E-state index in [0.29, 0.717) is 12.0 Å². The van der Waals surface area contributed by atoms with Crippen molar-refractivity contribution in [2.24, 2.45) is 5.92 Å². The molecule has 2 nitrogen and oxygen atoms in total. The molecule has 2 heterocycles. The Kier molecular flexibility index (Phi) is 5.23. The summed E-state index contributed by atoms with van der Waals surface area (Å²) < 4.78 is 2.28. The lowest BCUT2D eigenvalue weighted by Gasteiger charge is -2.21. The molecule has 3 heteroatoms. The minimum Gasteiger partial charge on any atom is -0.350 e. The Morgan fingerprint density at radius 2 is 2.16 bits per heavy atom. The van der Waals surface area contributed by atoms with Crippen LogP contribution in [0.2, 0.25) is 0 Å². The van der Waals surface area contributed by atoms with Crippen molar-refractivity contribution >= 4 is 11.3 Å². The first-order chi connectivity index (χ1) is 9.20. The van der Waals surface area contributed by atoms with Gasteiger partial charge in [-0.05, 0) is 52.9 Å². The molecule has 0 saturated carbocycles. The Balaban J connectivity index is 2.05. The van der Waals surface area contributed by atoms with E-state index >= 15 is 0 Å². The molecular weight excluding hydrogens is 252 g/mol. The van der Waals surface area contributed by atoms with Crippen LogP contribution in [0.4, 0.5) is 0 Å². The van der Waals surface area contributed by atoms with E-state index in [9.17, 15) is 0 Å². The maximum atomic E-state index is 3.65. The lowest BCUT2D eigenvalue weighted by atomic mass is 9.98. The van der Waals surface area contributed by atoms with Gasteiger partial charge >= 0.3 is 0 Å². The Morgan fingerprint density at radius 3 is 2.79 bits per heavy atom. The molecule has 0 aliphatic rings. The summed E-state index contributed by atoms with van der Waals surface area (Å²) in [7, 11) is 0. The second kappa shape index (κ2) is 6.92. The molecule has 1 N–H and O–H groups in total. The van der Waals surface area contributed by atoms with Crippen LogP contribution in [0, 0.1) is 5.92 Å². The molecule has 0 saturated heterocycles. The van der Waals surface area contributed by atoms with Crippen molar-refractivity contribution in [3.63, 3.8) is 0 Å². The van der Waals surface area contributed by atoms with Gasteiger partial charge in [0.2, 0.25) is 0 Å². The van der Waals surface area contributed by atoms with Crippen LogP contribution in [-0.4, -0.2) is 11.1 Å². The summed E-state index contributed by atoms with van der Waals surface area (Å²) >= 11 is 1.76. The van der Waals surface area contributed by atoms with Crippen LogP contribution in [0.3, 0.4) is 0 Å². The summed E-state index contributed by atoms with van der Waals surface area (Å²) in [5.41, 5.74) is 2.79. The molecule has 0 fully saturated rings. The predicted molar refractivity (Wildman–Crippen MR) is 83.7 cm³/mol. The summed E-state index contributed by atoms with van der Waals surface area (Å²) in [4.78, 5) is 0. The summed E-state index contributed by atoms with van der Waals surface area (Å²) in [5.74, 6) is 0.614. The molecule has 2 aromatic heterocycles. The zero-order chi connectivity index (χ0) is 13.7. The molecule has 2 rings (SSSR count). The zero-order valence-electron chi connectivity index (χ0n) is 12.1. The second-order valence-electron chi connectivity index (χ2n) is 5.42. The van der Waals surface area contributed by atoms with Crippen LogP contribution in [0.5, 0.6) is 0 Å². The first-order valence-corrected chi connectivity index (χ1v) is 8.05. The van der Waals surface area contributed by atoms with E-state index in [0.717, 1.165) is 13.1 Å². The average molecular weight is 276 g/mol. The summed E-state index contributed by atoms with van der Waals surface area (Å²) in [5, 5.41) is 8.00. The van der Waals surface area contributed by atoms with Crippen molar-refractivity contribution in [1.29, 1.82) is 0 Å². The third kappa shape index (κ3) is 3.95. The minimum absolute atomic E-state index is 0.462. The fourth-order valence-electron chi connectivity index (χ4n) is 2.37. The van der Waals surface area contributed by atoms with Crippen LogP contribution < -0.4 is 5.32 Å². The van der Waals surface area contributed by atoms with Gasteiger partial charge in [-0.1, -0.05) is 20.8 Å². The first-order valence-electron chi connectivity index (χ1n) is 7.10. The van der Waals surface area contributed by atoms with Crippen molar-refractivity contribution < 1.29 is 0 Å². The minimum atomic E-state index is 0.462. The number of hydrogen-bond donors (Lipinski definition) is 1. The van der Waals surface area contributed by atoms with Crippen LogP contribution in [0.1, 0.15) is 44.4 Å². The highest BCUT2D eigenvalue weighted by molar-refractivity contribution is 7.07. The third-order valence-electron chi connectivity index (χ3n) is 3.36. The highest BCUT2D eigenvalue weighted by Crippen LogP contribution is 2.22. The van der Waals surface area contributed by atoms with Gasteiger partial charge in [-0.3, -0.25) is 0 Å². The number of nitrogens with zero attached hydrogens (tertiary/aromatic N) is 1.